The fourth-order valence-corrected chi connectivity index (χ4v) is 3.44. The number of nitrogens with zero attached hydrogens (tertiary/aromatic N) is 3. The van der Waals surface area contributed by atoms with Crippen molar-refractivity contribution in [1.82, 2.24) is 9.80 Å². The molecule has 0 aromatic heterocycles. The Hall–Kier alpha value is -3.11. The lowest BCUT2D eigenvalue weighted by molar-refractivity contribution is 0.0602. The molecule has 27 heavy (non-hydrogen) atoms. The standard InChI is InChI=1S/C20H18FN3O3/c21-16-4-2-1-3-15(16)20(25)24-9-7-23(8-10-24)17(12-22)14-5-6-18-19(11-14)27-13-26-18/h1-6,11,17H,7-10,13H2. The van der Waals surface area contributed by atoms with Gasteiger partial charge in [0.15, 0.2) is 11.5 Å². The summed E-state index contributed by atoms with van der Waals surface area (Å²) in [4.78, 5) is 16.2. The first-order valence-electron chi connectivity index (χ1n) is 8.74. The summed E-state index contributed by atoms with van der Waals surface area (Å²) in [6.45, 7) is 2.14. The number of ether oxygens (including phenoxy) is 2. The summed E-state index contributed by atoms with van der Waals surface area (Å²) < 4.78 is 24.6. The highest BCUT2D eigenvalue weighted by Crippen LogP contribution is 2.35. The first kappa shape index (κ1) is 17.3. The number of carbonyl (C=O) groups excluding carboxylic acids is 1. The smallest absolute Gasteiger partial charge is 0.256 e. The van der Waals surface area contributed by atoms with Crippen molar-refractivity contribution in [3.63, 3.8) is 0 Å². The van der Waals surface area contributed by atoms with Crippen LogP contribution in [0.3, 0.4) is 0 Å². The lowest BCUT2D eigenvalue weighted by Gasteiger charge is -2.37. The number of benzene rings is 2. The summed E-state index contributed by atoms with van der Waals surface area (Å²) in [5.74, 6) is 0.487. The molecule has 1 fully saturated rings. The Kier molecular flexibility index (Phi) is 4.65. The van der Waals surface area contributed by atoms with Crippen LogP contribution in [-0.4, -0.2) is 48.7 Å². The van der Waals surface area contributed by atoms with E-state index in [0.29, 0.717) is 37.7 Å². The maximum Gasteiger partial charge on any atom is 0.256 e. The molecule has 0 N–H and O–H groups in total. The van der Waals surface area contributed by atoms with Crippen LogP contribution in [0.15, 0.2) is 42.5 Å². The Morgan fingerprint density at radius 3 is 2.56 bits per heavy atom. The van der Waals surface area contributed by atoms with Crippen molar-refractivity contribution in [1.29, 1.82) is 5.26 Å². The van der Waals surface area contributed by atoms with E-state index in [0.717, 1.165) is 5.56 Å². The molecule has 6 nitrogen and oxygen atoms in total. The molecule has 4 rings (SSSR count). The Balaban J connectivity index is 1.44. The average molecular weight is 367 g/mol. The normalized spacial score (nSPS) is 17.4. The molecule has 7 heteroatoms. The van der Waals surface area contributed by atoms with E-state index in [1.807, 2.05) is 17.0 Å². The van der Waals surface area contributed by atoms with Gasteiger partial charge in [0.2, 0.25) is 6.79 Å². The molecule has 2 aromatic rings. The van der Waals surface area contributed by atoms with E-state index in [1.165, 1.54) is 12.1 Å². The summed E-state index contributed by atoms with van der Waals surface area (Å²) in [5.41, 5.74) is 0.911. The molecule has 0 radical (unpaired) electrons. The fraction of sp³-hybridized carbons (Fsp3) is 0.300. The number of halogens is 1. The molecule has 2 heterocycles. The van der Waals surface area contributed by atoms with Crippen molar-refractivity contribution in [3.05, 3.63) is 59.4 Å². The SMILES string of the molecule is N#CC(c1ccc2c(c1)OCO2)N1CCN(C(=O)c2ccccc2F)CC1. The molecule has 0 spiro atoms. The van der Waals surface area contributed by atoms with E-state index in [4.69, 9.17) is 9.47 Å². The van der Waals surface area contributed by atoms with Crippen LogP contribution in [0, 0.1) is 17.1 Å². The van der Waals surface area contributed by atoms with E-state index in [9.17, 15) is 14.4 Å². The van der Waals surface area contributed by atoms with Gasteiger partial charge in [-0.15, -0.1) is 0 Å². The number of hydrogen-bond acceptors (Lipinski definition) is 5. The predicted octanol–water partition coefficient (Wildman–Crippen LogP) is 2.58. The molecule has 2 aromatic carbocycles. The van der Waals surface area contributed by atoms with Crippen LogP contribution in [0.2, 0.25) is 0 Å². The summed E-state index contributed by atoms with van der Waals surface area (Å²) in [5, 5.41) is 9.68. The summed E-state index contributed by atoms with van der Waals surface area (Å²) in [7, 11) is 0. The lowest BCUT2D eigenvalue weighted by atomic mass is 10.0. The van der Waals surface area contributed by atoms with E-state index in [-0.39, 0.29) is 18.3 Å². The third-order valence-electron chi connectivity index (χ3n) is 4.91. The van der Waals surface area contributed by atoms with Gasteiger partial charge in [0.1, 0.15) is 11.9 Å². The minimum absolute atomic E-state index is 0.0820. The highest BCUT2D eigenvalue weighted by molar-refractivity contribution is 5.94. The number of carbonyl (C=O) groups is 1. The summed E-state index contributed by atoms with van der Waals surface area (Å²) in [6, 6.07) is 13.4. The molecule has 1 unspecified atom stereocenters. The molecule has 1 amide bonds. The van der Waals surface area contributed by atoms with Crippen molar-refractivity contribution >= 4 is 5.91 Å². The van der Waals surface area contributed by atoms with Gasteiger partial charge < -0.3 is 14.4 Å². The van der Waals surface area contributed by atoms with E-state index in [1.54, 1.807) is 23.1 Å². The van der Waals surface area contributed by atoms with Gasteiger partial charge in [0.25, 0.3) is 5.91 Å². The van der Waals surface area contributed by atoms with Crippen LogP contribution >= 0.6 is 0 Å². The van der Waals surface area contributed by atoms with Gasteiger partial charge in [-0.3, -0.25) is 9.69 Å². The number of amides is 1. The van der Waals surface area contributed by atoms with Crippen LogP contribution in [0.5, 0.6) is 11.5 Å². The molecule has 138 valence electrons. The molecule has 0 aliphatic carbocycles. The topological polar surface area (TPSA) is 65.8 Å². The number of hydrogen-bond donors (Lipinski definition) is 0. The summed E-state index contributed by atoms with van der Waals surface area (Å²) in [6.07, 6.45) is 0. The van der Waals surface area contributed by atoms with Crippen LogP contribution in [0.4, 0.5) is 4.39 Å². The average Bonchev–Trinajstić information content (AvgIpc) is 3.17. The maximum absolute atomic E-state index is 13.9. The molecule has 2 aliphatic rings. The van der Waals surface area contributed by atoms with Crippen molar-refractivity contribution < 1.29 is 18.7 Å². The second-order valence-electron chi connectivity index (χ2n) is 6.45. The predicted molar refractivity (Wildman–Crippen MR) is 94.8 cm³/mol. The second kappa shape index (κ2) is 7.25. The lowest BCUT2D eigenvalue weighted by Crippen LogP contribution is -2.49. The van der Waals surface area contributed by atoms with Gasteiger partial charge in [0.05, 0.1) is 11.6 Å². The molecule has 1 atom stereocenters. The van der Waals surface area contributed by atoms with Crippen LogP contribution < -0.4 is 9.47 Å². The number of rotatable bonds is 3. The molecule has 2 aliphatic heterocycles. The van der Waals surface area contributed by atoms with Crippen LogP contribution in [0.25, 0.3) is 0 Å². The molecule has 1 saturated heterocycles. The highest BCUT2D eigenvalue weighted by Gasteiger charge is 2.29. The minimum Gasteiger partial charge on any atom is -0.454 e. The number of piperazine rings is 1. The van der Waals surface area contributed by atoms with E-state index < -0.39 is 11.9 Å². The van der Waals surface area contributed by atoms with E-state index >= 15 is 0 Å². The van der Waals surface area contributed by atoms with Crippen molar-refractivity contribution in [2.24, 2.45) is 0 Å². The Morgan fingerprint density at radius 1 is 1.07 bits per heavy atom. The maximum atomic E-state index is 13.9. The van der Waals surface area contributed by atoms with Crippen molar-refractivity contribution in [3.8, 4) is 17.6 Å². The summed E-state index contributed by atoms with van der Waals surface area (Å²) >= 11 is 0. The number of nitriles is 1. The second-order valence-corrected chi connectivity index (χ2v) is 6.45. The van der Waals surface area contributed by atoms with Gasteiger partial charge in [-0.1, -0.05) is 18.2 Å². The van der Waals surface area contributed by atoms with Crippen molar-refractivity contribution in [2.45, 2.75) is 6.04 Å². The Labute approximate surface area is 156 Å². The van der Waals surface area contributed by atoms with Crippen molar-refractivity contribution in [2.75, 3.05) is 33.0 Å². The van der Waals surface area contributed by atoms with Gasteiger partial charge >= 0.3 is 0 Å². The minimum atomic E-state index is -0.514. The van der Waals surface area contributed by atoms with Crippen LogP contribution in [-0.2, 0) is 0 Å². The zero-order valence-corrected chi connectivity index (χ0v) is 14.6. The van der Waals surface area contributed by atoms with Gasteiger partial charge in [-0.2, -0.15) is 5.26 Å². The third kappa shape index (κ3) is 3.32. The molecular weight excluding hydrogens is 349 g/mol. The monoisotopic (exact) mass is 367 g/mol. The van der Waals surface area contributed by atoms with E-state index in [2.05, 4.69) is 6.07 Å². The van der Waals surface area contributed by atoms with Gasteiger partial charge in [-0.25, -0.2) is 4.39 Å². The third-order valence-corrected chi connectivity index (χ3v) is 4.91. The zero-order valence-electron chi connectivity index (χ0n) is 14.6. The largest absolute Gasteiger partial charge is 0.454 e. The number of fused-ring (bicyclic) bond motifs is 1. The first-order valence-corrected chi connectivity index (χ1v) is 8.74. The van der Waals surface area contributed by atoms with Gasteiger partial charge in [-0.05, 0) is 29.8 Å². The highest BCUT2D eigenvalue weighted by atomic mass is 19.1. The zero-order chi connectivity index (χ0) is 18.8. The quantitative estimate of drug-likeness (QED) is 0.834. The first-order chi connectivity index (χ1) is 13.2. The van der Waals surface area contributed by atoms with Gasteiger partial charge in [0, 0.05) is 26.2 Å². The fourth-order valence-electron chi connectivity index (χ4n) is 3.44. The Morgan fingerprint density at radius 2 is 1.81 bits per heavy atom. The molecule has 0 saturated carbocycles. The Bertz CT molecular complexity index is 904. The molecular formula is C20H18FN3O3. The molecule has 0 bridgehead atoms. The van der Waals surface area contributed by atoms with Crippen LogP contribution in [0.1, 0.15) is 22.0 Å².